The van der Waals surface area contributed by atoms with Crippen LogP contribution in [-0.2, 0) is 9.84 Å². The summed E-state index contributed by atoms with van der Waals surface area (Å²) in [4.78, 5) is 2.49. The highest BCUT2D eigenvalue weighted by Gasteiger charge is 2.19. The second-order valence-corrected chi connectivity index (χ2v) is 7.16. The third kappa shape index (κ3) is 3.48. The van der Waals surface area contributed by atoms with Gasteiger partial charge in [-0.2, -0.15) is 0 Å². The smallest absolute Gasteiger partial charge is 0.178 e. The van der Waals surface area contributed by atoms with Crippen LogP contribution in [0.25, 0.3) is 0 Å². The Labute approximate surface area is 115 Å². The third-order valence-electron chi connectivity index (χ3n) is 3.43. The number of hydrogen-bond acceptors (Lipinski definition) is 4. The van der Waals surface area contributed by atoms with Crippen molar-refractivity contribution in [2.24, 2.45) is 0 Å². The lowest BCUT2D eigenvalue weighted by molar-refractivity contribution is 0.154. The standard InChI is InChI=1S/C14H21NO3S/c1-2-10-19(17,18)14-7-5-12(6-8-14)15-9-3-4-13(16)11-15/h5-8,13,16H,2-4,9-11H2,1H3. The van der Waals surface area contributed by atoms with Crippen molar-refractivity contribution >= 4 is 15.5 Å². The minimum Gasteiger partial charge on any atom is -0.391 e. The highest BCUT2D eigenvalue weighted by atomic mass is 32.2. The van der Waals surface area contributed by atoms with E-state index in [2.05, 4.69) is 4.90 Å². The molecule has 1 atom stereocenters. The minimum atomic E-state index is -3.14. The zero-order chi connectivity index (χ0) is 13.9. The lowest BCUT2D eigenvalue weighted by Crippen LogP contribution is -2.38. The van der Waals surface area contributed by atoms with Crippen LogP contribution in [-0.4, -0.2) is 38.5 Å². The van der Waals surface area contributed by atoms with Crippen LogP contribution in [0.15, 0.2) is 29.2 Å². The highest BCUT2D eigenvalue weighted by molar-refractivity contribution is 7.91. The molecule has 1 fully saturated rings. The number of hydrogen-bond donors (Lipinski definition) is 1. The molecule has 1 aromatic rings. The van der Waals surface area contributed by atoms with Gasteiger partial charge >= 0.3 is 0 Å². The van der Waals surface area contributed by atoms with Gasteiger partial charge < -0.3 is 10.0 Å². The Morgan fingerprint density at radius 1 is 1.32 bits per heavy atom. The first-order valence-electron chi connectivity index (χ1n) is 6.79. The van der Waals surface area contributed by atoms with Gasteiger partial charge in [-0.1, -0.05) is 6.92 Å². The monoisotopic (exact) mass is 283 g/mol. The van der Waals surface area contributed by atoms with E-state index in [1.165, 1.54) is 0 Å². The van der Waals surface area contributed by atoms with Gasteiger partial charge in [0.05, 0.1) is 16.8 Å². The summed E-state index contributed by atoms with van der Waals surface area (Å²) in [5.41, 5.74) is 0.981. The van der Waals surface area contributed by atoms with Crippen molar-refractivity contribution in [2.45, 2.75) is 37.2 Å². The number of sulfone groups is 1. The van der Waals surface area contributed by atoms with Crippen molar-refractivity contribution in [1.82, 2.24) is 0 Å². The Morgan fingerprint density at radius 2 is 2.00 bits per heavy atom. The first kappa shape index (κ1) is 14.3. The maximum atomic E-state index is 11.9. The fraction of sp³-hybridized carbons (Fsp3) is 0.571. The summed E-state index contributed by atoms with van der Waals surface area (Å²) in [7, 11) is -3.14. The summed E-state index contributed by atoms with van der Waals surface area (Å²) in [5, 5.41) is 9.66. The van der Waals surface area contributed by atoms with E-state index < -0.39 is 9.84 Å². The Balaban J connectivity index is 2.14. The summed E-state index contributed by atoms with van der Waals surface area (Å²) in [6.07, 6.45) is 2.16. The average Bonchev–Trinajstić information content (AvgIpc) is 2.39. The molecular weight excluding hydrogens is 262 g/mol. The lowest BCUT2D eigenvalue weighted by atomic mass is 10.1. The van der Waals surface area contributed by atoms with Crippen LogP contribution < -0.4 is 4.90 Å². The van der Waals surface area contributed by atoms with E-state index in [-0.39, 0.29) is 11.9 Å². The molecule has 0 aliphatic carbocycles. The van der Waals surface area contributed by atoms with Crippen molar-refractivity contribution in [1.29, 1.82) is 0 Å². The number of nitrogens with zero attached hydrogens (tertiary/aromatic N) is 1. The van der Waals surface area contributed by atoms with Gasteiger partial charge in [0, 0.05) is 18.8 Å². The molecule has 2 rings (SSSR count). The van der Waals surface area contributed by atoms with Gasteiger partial charge in [-0.15, -0.1) is 0 Å². The van der Waals surface area contributed by atoms with Crippen LogP contribution >= 0.6 is 0 Å². The lowest BCUT2D eigenvalue weighted by Gasteiger charge is -2.32. The molecule has 1 unspecified atom stereocenters. The van der Waals surface area contributed by atoms with Crippen molar-refractivity contribution < 1.29 is 13.5 Å². The number of benzene rings is 1. The number of aliphatic hydroxyl groups is 1. The molecule has 1 heterocycles. The van der Waals surface area contributed by atoms with Gasteiger partial charge in [-0.25, -0.2) is 8.42 Å². The van der Waals surface area contributed by atoms with Gasteiger partial charge in [0.25, 0.3) is 0 Å². The van der Waals surface area contributed by atoms with E-state index in [0.717, 1.165) is 25.1 Å². The summed E-state index contributed by atoms with van der Waals surface area (Å²) >= 11 is 0. The van der Waals surface area contributed by atoms with E-state index in [1.807, 2.05) is 19.1 Å². The van der Waals surface area contributed by atoms with Gasteiger partial charge in [0.1, 0.15) is 0 Å². The zero-order valence-electron chi connectivity index (χ0n) is 11.2. The molecule has 106 valence electrons. The molecule has 0 aromatic heterocycles. The highest BCUT2D eigenvalue weighted by Crippen LogP contribution is 2.22. The van der Waals surface area contributed by atoms with E-state index in [0.29, 0.717) is 17.9 Å². The molecule has 1 aromatic carbocycles. The second-order valence-electron chi connectivity index (χ2n) is 5.05. The molecule has 1 N–H and O–H groups in total. The van der Waals surface area contributed by atoms with E-state index in [1.54, 1.807) is 12.1 Å². The molecule has 1 aliphatic heterocycles. The van der Waals surface area contributed by atoms with Crippen molar-refractivity contribution in [2.75, 3.05) is 23.7 Å². The molecule has 0 bridgehead atoms. The van der Waals surface area contributed by atoms with Crippen molar-refractivity contribution in [3.63, 3.8) is 0 Å². The maximum Gasteiger partial charge on any atom is 0.178 e. The normalized spacial score (nSPS) is 20.5. The van der Waals surface area contributed by atoms with E-state index >= 15 is 0 Å². The molecule has 0 saturated carbocycles. The van der Waals surface area contributed by atoms with Crippen molar-refractivity contribution in [3.8, 4) is 0 Å². The predicted molar refractivity (Wildman–Crippen MR) is 76.2 cm³/mol. The summed E-state index contributed by atoms with van der Waals surface area (Å²) in [5.74, 6) is 0.189. The SMILES string of the molecule is CCCS(=O)(=O)c1ccc(N2CCCC(O)C2)cc1. The third-order valence-corrected chi connectivity index (χ3v) is 5.37. The first-order chi connectivity index (χ1) is 9.03. The predicted octanol–water partition coefficient (Wildman–Crippen LogP) is 1.83. The fourth-order valence-corrected chi connectivity index (χ4v) is 3.76. The number of aliphatic hydroxyl groups excluding tert-OH is 1. The van der Waals surface area contributed by atoms with E-state index in [4.69, 9.17) is 0 Å². The molecule has 19 heavy (non-hydrogen) atoms. The molecule has 0 radical (unpaired) electrons. The average molecular weight is 283 g/mol. The van der Waals surface area contributed by atoms with Crippen molar-refractivity contribution in [3.05, 3.63) is 24.3 Å². The molecule has 5 heteroatoms. The Kier molecular flexibility index (Phi) is 4.47. The molecule has 0 amide bonds. The maximum absolute atomic E-state index is 11.9. The van der Waals surface area contributed by atoms with Crippen LogP contribution in [0.4, 0.5) is 5.69 Å². The number of rotatable bonds is 4. The number of piperidine rings is 1. The summed E-state index contributed by atoms with van der Waals surface area (Å²) < 4.78 is 23.8. The Bertz CT molecular complexity index is 510. The summed E-state index contributed by atoms with van der Waals surface area (Å²) in [6, 6.07) is 7.00. The number of anilines is 1. The molecule has 1 aliphatic rings. The van der Waals surface area contributed by atoms with E-state index in [9.17, 15) is 13.5 Å². The molecule has 4 nitrogen and oxygen atoms in total. The number of β-amino-alcohol motifs (C(OH)–C–C–N with tert-alkyl or cyclic N) is 1. The largest absolute Gasteiger partial charge is 0.391 e. The van der Waals surface area contributed by atoms with Crippen LogP contribution in [0, 0.1) is 0 Å². The first-order valence-corrected chi connectivity index (χ1v) is 8.44. The van der Waals surface area contributed by atoms with Gasteiger partial charge in [-0.3, -0.25) is 0 Å². The topological polar surface area (TPSA) is 57.6 Å². The fourth-order valence-electron chi connectivity index (χ4n) is 2.44. The van der Waals surface area contributed by atoms with Crippen LogP contribution in [0.1, 0.15) is 26.2 Å². The quantitative estimate of drug-likeness (QED) is 0.916. The molecule has 0 spiro atoms. The summed E-state index contributed by atoms with van der Waals surface area (Å²) in [6.45, 7) is 3.40. The van der Waals surface area contributed by atoms with Gasteiger partial charge in [-0.05, 0) is 43.5 Å². The van der Waals surface area contributed by atoms with Crippen LogP contribution in [0.5, 0.6) is 0 Å². The second kappa shape index (κ2) is 5.92. The Morgan fingerprint density at radius 3 is 2.58 bits per heavy atom. The zero-order valence-corrected chi connectivity index (χ0v) is 12.1. The van der Waals surface area contributed by atoms with Gasteiger partial charge in [0.15, 0.2) is 9.84 Å². The Hall–Kier alpha value is -1.07. The van der Waals surface area contributed by atoms with Crippen LogP contribution in [0.2, 0.25) is 0 Å². The molecular formula is C14H21NO3S. The minimum absolute atomic E-state index is 0.189. The molecule has 1 saturated heterocycles. The van der Waals surface area contributed by atoms with Gasteiger partial charge in [0.2, 0.25) is 0 Å². The van der Waals surface area contributed by atoms with Crippen LogP contribution in [0.3, 0.4) is 0 Å².